The minimum absolute atomic E-state index is 0.0355. The highest BCUT2D eigenvalue weighted by Crippen LogP contribution is 2.45. The van der Waals surface area contributed by atoms with Crippen LogP contribution in [0.25, 0.3) is 82.7 Å². The van der Waals surface area contributed by atoms with E-state index in [1.54, 1.807) is 6.07 Å². The molecule has 3 nitrogen and oxygen atoms in total. The van der Waals surface area contributed by atoms with Crippen LogP contribution in [-0.4, -0.2) is 9.55 Å². The molecule has 7 aromatic carbocycles. The Morgan fingerprint density at radius 2 is 1.23 bits per heavy atom. The van der Waals surface area contributed by atoms with Gasteiger partial charge < -0.3 is 4.42 Å². The Kier molecular flexibility index (Phi) is 7.75. The standard InChI is InChI=1S/C54H54N2O/c1-31(2)43-26-37(36-24-38(53(6,7)8)29-39(25-36)54(9,10)11)27-44(32(3)4)50(43)56-49-33(5)16-14-21-47(49)55-52(56)42-20-15-19-41-46-30-45-35(28-48(46)57-51(41)42)23-22-34-17-12-13-18-40(34)45/h12-32H,1-11H3/i5D3. The van der Waals surface area contributed by atoms with Crippen LogP contribution in [0.3, 0.4) is 0 Å². The molecule has 0 N–H and O–H groups in total. The molecule has 0 aliphatic rings. The number of benzene rings is 7. The van der Waals surface area contributed by atoms with Crippen molar-refractivity contribution >= 4 is 54.5 Å². The minimum atomic E-state index is -2.38. The van der Waals surface area contributed by atoms with Gasteiger partial charge >= 0.3 is 0 Å². The van der Waals surface area contributed by atoms with Crippen LogP contribution in [0, 0.1) is 6.85 Å². The largest absolute Gasteiger partial charge is 0.455 e. The average Bonchev–Trinajstić information content (AvgIpc) is 3.76. The van der Waals surface area contributed by atoms with Crippen molar-refractivity contribution in [2.75, 3.05) is 0 Å². The van der Waals surface area contributed by atoms with Crippen LogP contribution in [0.1, 0.15) is 113 Å². The van der Waals surface area contributed by atoms with Gasteiger partial charge in [-0.3, -0.25) is 4.57 Å². The van der Waals surface area contributed by atoms with Crippen LogP contribution in [0.2, 0.25) is 0 Å². The summed E-state index contributed by atoms with van der Waals surface area (Å²) in [5.41, 5.74) is 12.0. The number of aryl methyl sites for hydroxylation is 1. The van der Waals surface area contributed by atoms with Gasteiger partial charge in [0.1, 0.15) is 17.0 Å². The lowest BCUT2D eigenvalue weighted by molar-refractivity contribution is 0.569. The second kappa shape index (κ2) is 13.2. The normalized spacial score (nSPS) is 13.8. The second-order valence-electron chi connectivity index (χ2n) is 18.7. The number of furan rings is 1. The highest BCUT2D eigenvalue weighted by Gasteiger charge is 2.27. The van der Waals surface area contributed by atoms with Crippen LogP contribution in [0.5, 0.6) is 0 Å². The van der Waals surface area contributed by atoms with Crippen LogP contribution in [0.15, 0.2) is 120 Å². The molecule has 286 valence electrons. The lowest BCUT2D eigenvalue weighted by Crippen LogP contribution is -2.16. The molecule has 9 rings (SSSR count). The molecular formula is C54H54N2O. The van der Waals surface area contributed by atoms with Gasteiger partial charge in [-0.15, -0.1) is 0 Å². The molecule has 0 unspecified atom stereocenters. The number of rotatable bonds is 5. The summed E-state index contributed by atoms with van der Waals surface area (Å²) in [6, 6.07) is 40.7. The molecule has 0 aliphatic carbocycles. The highest BCUT2D eigenvalue weighted by molar-refractivity contribution is 6.17. The number of aromatic nitrogens is 2. The first-order valence-corrected chi connectivity index (χ1v) is 20.4. The first-order chi connectivity index (χ1) is 28.3. The maximum atomic E-state index is 8.80. The summed E-state index contributed by atoms with van der Waals surface area (Å²) in [6.45, 7) is 20.2. The van der Waals surface area contributed by atoms with Crippen molar-refractivity contribution in [3.63, 3.8) is 0 Å². The zero-order valence-corrected chi connectivity index (χ0v) is 34.9. The maximum Gasteiger partial charge on any atom is 0.149 e. The number of hydrogen-bond acceptors (Lipinski definition) is 2. The maximum absolute atomic E-state index is 8.80. The van der Waals surface area contributed by atoms with Gasteiger partial charge in [0.15, 0.2) is 0 Å². The smallest absolute Gasteiger partial charge is 0.149 e. The third-order valence-corrected chi connectivity index (χ3v) is 11.9. The summed E-state index contributed by atoms with van der Waals surface area (Å²) in [4.78, 5) is 5.36. The molecule has 0 saturated heterocycles. The molecule has 9 aromatic rings. The van der Waals surface area contributed by atoms with Crippen LogP contribution < -0.4 is 0 Å². The molecule has 0 amide bonds. The van der Waals surface area contributed by atoms with Crippen molar-refractivity contribution in [3.05, 3.63) is 143 Å². The molecule has 3 heteroatoms. The molecule has 0 bridgehead atoms. The van der Waals surface area contributed by atoms with Gasteiger partial charge in [-0.2, -0.15) is 0 Å². The van der Waals surface area contributed by atoms with Gasteiger partial charge in [0.2, 0.25) is 0 Å². The van der Waals surface area contributed by atoms with Gasteiger partial charge in [0.25, 0.3) is 0 Å². The Bertz CT molecular complexity index is 3100. The Balaban J connectivity index is 1.38. The van der Waals surface area contributed by atoms with E-state index < -0.39 is 6.85 Å². The predicted molar refractivity (Wildman–Crippen MR) is 245 cm³/mol. The van der Waals surface area contributed by atoms with E-state index >= 15 is 0 Å². The van der Waals surface area contributed by atoms with Crippen molar-refractivity contribution < 1.29 is 8.53 Å². The zero-order valence-electron chi connectivity index (χ0n) is 37.9. The number of fused-ring (bicyclic) bond motifs is 7. The molecule has 0 aliphatic heterocycles. The third kappa shape index (κ3) is 6.14. The Labute approximate surface area is 341 Å². The summed E-state index contributed by atoms with van der Waals surface area (Å²) < 4.78 is 35.4. The van der Waals surface area contributed by atoms with E-state index in [9.17, 15) is 0 Å². The third-order valence-electron chi connectivity index (χ3n) is 11.9. The van der Waals surface area contributed by atoms with Crippen molar-refractivity contribution in [2.45, 2.75) is 98.8 Å². The first kappa shape index (κ1) is 33.5. The quantitative estimate of drug-likeness (QED) is 0.164. The molecule has 0 fully saturated rings. The second-order valence-corrected chi connectivity index (χ2v) is 18.7. The van der Waals surface area contributed by atoms with Gasteiger partial charge in [-0.25, -0.2) is 4.98 Å². The van der Waals surface area contributed by atoms with Crippen molar-refractivity contribution in [1.29, 1.82) is 0 Å². The van der Waals surface area contributed by atoms with Gasteiger partial charge in [0, 0.05) is 14.9 Å². The summed E-state index contributed by atoms with van der Waals surface area (Å²) >= 11 is 0. The van der Waals surface area contributed by atoms with E-state index in [2.05, 4.69) is 171 Å². The van der Waals surface area contributed by atoms with Crippen LogP contribution >= 0.6 is 0 Å². The molecule has 2 aromatic heterocycles. The zero-order chi connectivity index (χ0) is 42.6. The van der Waals surface area contributed by atoms with Crippen LogP contribution in [0.4, 0.5) is 0 Å². The van der Waals surface area contributed by atoms with Gasteiger partial charge in [-0.1, -0.05) is 148 Å². The number of hydrogen-bond donors (Lipinski definition) is 0. The number of nitrogens with zero attached hydrogens (tertiary/aromatic N) is 2. The molecule has 57 heavy (non-hydrogen) atoms. The van der Waals surface area contributed by atoms with Crippen molar-refractivity contribution in [2.24, 2.45) is 0 Å². The van der Waals surface area contributed by atoms with E-state index in [0.29, 0.717) is 16.9 Å². The topological polar surface area (TPSA) is 31.0 Å². The SMILES string of the molecule is [2H]C([2H])([2H])c1cccc2nc(-c3cccc4c3oc3cc5ccc6ccccc6c5cc34)n(-c3c(C(C)C)cc(-c4cc(C(C)(C)C)cc(C(C)(C)C)c4)cc3C(C)C)c12. The molecular weight excluding hydrogens is 693 g/mol. The van der Waals surface area contributed by atoms with Gasteiger partial charge in [0.05, 0.1) is 22.3 Å². The Morgan fingerprint density at radius 1 is 0.596 bits per heavy atom. The lowest BCUT2D eigenvalue weighted by Gasteiger charge is -2.28. The fourth-order valence-electron chi connectivity index (χ4n) is 8.64. The van der Waals surface area contributed by atoms with Crippen LogP contribution in [-0.2, 0) is 10.8 Å². The molecule has 2 heterocycles. The van der Waals surface area contributed by atoms with Gasteiger partial charge in [-0.05, 0) is 126 Å². The highest BCUT2D eigenvalue weighted by atomic mass is 16.3. The molecule has 0 saturated carbocycles. The molecule has 0 radical (unpaired) electrons. The Hall–Kier alpha value is -5.67. The summed E-state index contributed by atoms with van der Waals surface area (Å²) in [6.07, 6.45) is 0. The van der Waals surface area contributed by atoms with Crippen molar-refractivity contribution in [1.82, 2.24) is 9.55 Å². The molecule has 0 atom stereocenters. The summed E-state index contributed by atoms with van der Waals surface area (Å²) in [5.74, 6) is 0.849. The van der Waals surface area contributed by atoms with E-state index in [-0.39, 0.29) is 28.2 Å². The summed E-state index contributed by atoms with van der Waals surface area (Å²) in [7, 11) is 0. The molecule has 0 spiro atoms. The number of para-hydroxylation sites is 2. The average molecular weight is 750 g/mol. The Morgan fingerprint density at radius 3 is 1.89 bits per heavy atom. The lowest BCUT2D eigenvalue weighted by atomic mass is 9.78. The fourth-order valence-corrected chi connectivity index (χ4v) is 8.64. The van der Waals surface area contributed by atoms with E-state index in [1.807, 2.05) is 12.1 Å². The summed E-state index contributed by atoms with van der Waals surface area (Å²) in [5, 5.41) is 6.71. The van der Waals surface area contributed by atoms with Crippen molar-refractivity contribution in [3.8, 4) is 28.2 Å². The minimum Gasteiger partial charge on any atom is -0.455 e. The monoisotopic (exact) mass is 749 g/mol. The van der Waals surface area contributed by atoms with E-state index in [4.69, 9.17) is 13.5 Å². The van der Waals surface area contributed by atoms with E-state index in [0.717, 1.165) is 55.3 Å². The van der Waals surface area contributed by atoms with E-state index in [1.165, 1.54) is 32.8 Å². The fraction of sp³-hybridized carbons (Fsp3) is 0.278. The predicted octanol–water partition coefficient (Wildman–Crippen LogP) is 15.7. The first-order valence-electron chi connectivity index (χ1n) is 21.9. The number of imidazole rings is 1.